The maximum atomic E-state index is 12.1. The van der Waals surface area contributed by atoms with Gasteiger partial charge in [-0.1, -0.05) is 23.2 Å². The van der Waals surface area contributed by atoms with Gasteiger partial charge >= 0.3 is 0 Å². The van der Waals surface area contributed by atoms with Crippen molar-refractivity contribution < 1.29 is 4.79 Å². The van der Waals surface area contributed by atoms with Gasteiger partial charge in [-0.2, -0.15) is 5.26 Å². The van der Waals surface area contributed by atoms with Crippen molar-refractivity contribution in [2.24, 2.45) is 0 Å². The molecule has 0 aliphatic rings. The molecule has 7 heteroatoms. The van der Waals surface area contributed by atoms with Gasteiger partial charge in [0.15, 0.2) is 0 Å². The topological polar surface area (TPSA) is 85.8 Å². The Morgan fingerprint density at radius 1 is 1.25 bits per heavy atom. The molecule has 2 rings (SSSR count). The highest BCUT2D eigenvalue weighted by Crippen LogP contribution is 2.23. The molecule has 0 unspecified atom stereocenters. The number of anilines is 1. The first kappa shape index (κ1) is 18.1. The number of aromatic nitrogens is 1. The van der Waals surface area contributed by atoms with Crippen LogP contribution in [-0.2, 0) is 11.2 Å². The van der Waals surface area contributed by atoms with Gasteiger partial charge in [0, 0.05) is 27.8 Å². The van der Waals surface area contributed by atoms with Crippen LogP contribution in [0.2, 0.25) is 10.0 Å². The van der Waals surface area contributed by atoms with Crippen LogP contribution in [0.15, 0.2) is 23.0 Å². The first-order chi connectivity index (χ1) is 11.3. The van der Waals surface area contributed by atoms with Crippen LogP contribution in [0.25, 0.3) is 0 Å². The number of benzene rings is 1. The maximum Gasteiger partial charge on any atom is 0.266 e. The number of pyridine rings is 1. The van der Waals surface area contributed by atoms with Gasteiger partial charge < -0.3 is 10.3 Å². The van der Waals surface area contributed by atoms with Gasteiger partial charge in [0.1, 0.15) is 11.6 Å². The second-order valence-electron chi connectivity index (χ2n) is 5.38. The summed E-state index contributed by atoms with van der Waals surface area (Å²) in [5.41, 5.74) is 2.26. The van der Waals surface area contributed by atoms with E-state index in [0.29, 0.717) is 33.4 Å². The lowest BCUT2D eigenvalue weighted by Crippen LogP contribution is -2.18. The van der Waals surface area contributed by atoms with Crippen molar-refractivity contribution in [2.45, 2.75) is 26.7 Å². The molecule has 1 heterocycles. The van der Waals surface area contributed by atoms with E-state index in [0.717, 1.165) is 5.56 Å². The smallest absolute Gasteiger partial charge is 0.266 e. The fourth-order valence-electron chi connectivity index (χ4n) is 2.51. The number of aryl methyl sites for hydroxylation is 1. The van der Waals surface area contributed by atoms with Gasteiger partial charge in [-0.05, 0) is 49.6 Å². The van der Waals surface area contributed by atoms with Crippen molar-refractivity contribution in [1.82, 2.24) is 4.98 Å². The van der Waals surface area contributed by atoms with Crippen LogP contribution in [0.1, 0.15) is 28.8 Å². The Hall–Kier alpha value is -2.29. The quantitative estimate of drug-likeness (QED) is 0.867. The lowest BCUT2D eigenvalue weighted by atomic mass is 9.99. The number of nitriles is 1. The highest BCUT2D eigenvalue weighted by molar-refractivity contribution is 6.35. The van der Waals surface area contributed by atoms with Crippen LogP contribution in [0.3, 0.4) is 0 Å². The molecule has 24 heavy (non-hydrogen) atoms. The van der Waals surface area contributed by atoms with Gasteiger partial charge in [0.05, 0.1) is 0 Å². The van der Waals surface area contributed by atoms with Crippen LogP contribution in [0, 0.1) is 25.2 Å². The van der Waals surface area contributed by atoms with Gasteiger partial charge in [-0.25, -0.2) is 0 Å². The van der Waals surface area contributed by atoms with E-state index in [1.54, 1.807) is 32.0 Å². The maximum absolute atomic E-state index is 12.1. The second-order valence-corrected chi connectivity index (χ2v) is 6.25. The molecule has 0 aliphatic heterocycles. The van der Waals surface area contributed by atoms with Gasteiger partial charge in [-0.15, -0.1) is 0 Å². The predicted molar refractivity (Wildman–Crippen MR) is 94.7 cm³/mol. The molecule has 0 saturated heterocycles. The summed E-state index contributed by atoms with van der Waals surface area (Å²) in [6.45, 7) is 3.46. The zero-order valence-corrected chi connectivity index (χ0v) is 14.7. The van der Waals surface area contributed by atoms with Gasteiger partial charge in [-0.3, -0.25) is 9.59 Å². The van der Waals surface area contributed by atoms with Crippen LogP contribution in [-0.4, -0.2) is 10.9 Å². The van der Waals surface area contributed by atoms with Crippen molar-refractivity contribution in [2.75, 3.05) is 5.32 Å². The largest absolute Gasteiger partial charge is 0.326 e. The average Bonchev–Trinajstić information content (AvgIpc) is 2.45. The Morgan fingerprint density at radius 3 is 2.46 bits per heavy atom. The van der Waals surface area contributed by atoms with Crippen molar-refractivity contribution in [1.29, 1.82) is 5.26 Å². The van der Waals surface area contributed by atoms with E-state index >= 15 is 0 Å². The highest BCUT2D eigenvalue weighted by Gasteiger charge is 2.13. The number of halogens is 2. The Kier molecular flexibility index (Phi) is 5.66. The van der Waals surface area contributed by atoms with Crippen molar-refractivity contribution >= 4 is 34.8 Å². The summed E-state index contributed by atoms with van der Waals surface area (Å²) in [6, 6.07) is 6.69. The molecule has 1 aromatic carbocycles. The van der Waals surface area contributed by atoms with Crippen LogP contribution < -0.4 is 10.9 Å². The third kappa shape index (κ3) is 4.16. The summed E-state index contributed by atoms with van der Waals surface area (Å²) in [5.74, 6) is -0.211. The summed E-state index contributed by atoms with van der Waals surface area (Å²) in [5, 5.41) is 12.7. The molecule has 1 aromatic heterocycles. The Balaban J connectivity index is 2.12. The molecule has 5 nitrogen and oxygen atoms in total. The number of H-pyrrole nitrogens is 1. The number of nitrogens with zero attached hydrogens (tertiary/aromatic N) is 1. The number of rotatable bonds is 4. The highest BCUT2D eigenvalue weighted by atomic mass is 35.5. The van der Waals surface area contributed by atoms with Crippen LogP contribution in [0.4, 0.5) is 5.69 Å². The van der Waals surface area contributed by atoms with Crippen LogP contribution >= 0.6 is 23.2 Å². The monoisotopic (exact) mass is 363 g/mol. The fraction of sp³-hybridized carbons (Fsp3) is 0.235. The Labute approximate surface area is 149 Å². The van der Waals surface area contributed by atoms with Crippen molar-refractivity contribution in [3.63, 3.8) is 0 Å². The number of hydrogen-bond donors (Lipinski definition) is 2. The van der Waals surface area contributed by atoms with Gasteiger partial charge in [0.2, 0.25) is 5.91 Å². The lowest BCUT2D eigenvalue weighted by Gasteiger charge is -2.11. The van der Waals surface area contributed by atoms with E-state index in [9.17, 15) is 9.59 Å². The average molecular weight is 364 g/mol. The Morgan fingerprint density at radius 2 is 1.88 bits per heavy atom. The molecule has 0 atom stereocenters. The predicted octanol–water partition coefficient (Wildman–Crippen LogP) is 3.74. The molecular formula is C17H15Cl2N3O2. The minimum atomic E-state index is -0.408. The number of aromatic amines is 1. The zero-order valence-electron chi connectivity index (χ0n) is 13.2. The second kappa shape index (κ2) is 7.52. The van der Waals surface area contributed by atoms with E-state index in [2.05, 4.69) is 10.3 Å². The summed E-state index contributed by atoms with van der Waals surface area (Å²) < 4.78 is 0. The number of hydrogen-bond acceptors (Lipinski definition) is 3. The molecule has 0 fully saturated rings. The lowest BCUT2D eigenvalue weighted by molar-refractivity contribution is -0.116. The molecule has 0 bridgehead atoms. The molecule has 0 saturated carbocycles. The molecule has 0 aliphatic carbocycles. The SMILES string of the molecule is Cc1[nH]c(=O)c(C#N)c(C)c1CCC(=O)Nc1cc(Cl)cc(Cl)c1. The zero-order chi connectivity index (χ0) is 17.9. The third-order valence-corrected chi connectivity index (χ3v) is 4.11. The normalized spacial score (nSPS) is 10.3. The van der Waals surface area contributed by atoms with Crippen LogP contribution in [0.5, 0.6) is 0 Å². The number of nitrogens with one attached hydrogen (secondary N) is 2. The van der Waals surface area contributed by atoms with E-state index in [4.69, 9.17) is 28.5 Å². The molecule has 2 aromatic rings. The first-order valence-corrected chi connectivity index (χ1v) is 7.95. The third-order valence-electron chi connectivity index (χ3n) is 3.67. The molecule has 0 radical (unpaired) electrons. The molecule has 1 amide bonds. The summed E-state index contributed by atoms with van der Waals surface area (Å²) in [4.78, 5) is 26.5. The van der Waals surface area contributed by atoms with Crippen molar-refractivity contribution in [3.05, 3.63) is 61.0 Å². The molecule has 124 valence electrons. The molecule has 0 spiro atoms. The minimum absolute atomic E-state index is 0.0811. The van der Waals surface area contributed by atoms with Gasteiger partial charge in [0.25, 0.3) is 5.56 Å². The molecule has 2 N–H and O–H groups in total. The van der Waals surface area contributed by atoms with E-state index in [1.807, 2.05) is 6.07 Å². The minimum Gasteiger partial charge on any atom is -0.326 e. The Bertz CT molecular complexity index is 878. The standard InChI is InChI=1S/C17H15Cl2N3O2/c1-9-14(10(2)21-17(24)15(9)8-20)3-4-16(23)22-13-6-11(18)5-12(19)7-13/h5-7H,3-4H2,1-2H3,(H,21,24)(H,22,23). The number of carbonyl (C=O) groups excluding carboxylic acids is 1. The summed E-state index contributed by atoms with van der Waals surface area (Å²) >= 11 is 11.8. The number of amides is 1. The van der Waals surface area contributed by atoms with Crippen molar-refractivity contribution in [3.8, 4) is 6.07 Å². The van der Waals surface area contributed by atoms with E-state index in [1.165, 1.54) is 0 Å². The molecular weight excluding hydrogens is 349 g/mol. The summed E-state index contributed by atoms with van der Waals surface area (Å²) in [6.07, 6.45) is 0.603. The van der Waals surface area contributed by atoms with E-state index in [-0.39, 0.29) is 17.9 Å². The number of carbonyl (C=O) groups is 1. The fourth-order valence-corrected chi connectivity index (χ4v) is 3.03. The van der Waals surface area contributed by atoms with E-state index < -0.39 is 5.56 Å². The summed E-state index contributed by atoms with van der Waals surface area (Å²) in [7, 11) is 0. The first-order valence-electron chi connectivity index (χ1n) is 7.20.